The molecule has 0 spiro atoms. The summed E-state index contributed by atoms with van der Waals surface area (Å²) in [6, 6.07) is 0. The van der Waals surface area contributed by atoms with Crippen molar-refractivity contribution in [2.24, 2.45) is 0 Å². The van der Waals surface area contributed by atoms with Crippen molar-refractivity contribution in [3.8, 4) is 0 Å². The van der Waals surface area contributed by atoms with Crippen LogP contribution in [0.2, 0.25) is 0 Å². The Labute approximate surface area is 95.8 Å². The summed E-state index contributed by atoms with van der Waals surface area (Å²) in [5.41, 5.74) is 0. The zero-order valence-electron chi connectivity index (χ0n) is 8.53. The van der Waals surface area contributed by atoms with Crippen molar-refractivity contribution in [1.82, 2.24) is 4.57 Å². The average molecular weight is 261 g/mol. The Kier molecular flexibility index (Phi) is 7.42. The highest BCUT2D eigenvalue weighted by atomic mass is 79.9. The molecule has 0 aliphatic heterocycles. The molecule has 80 valence electrons. The first-order valence-electron chi connectivity index (χ1n) is 4.60. The molecule has 1 heterocycles. The second-order valence-electron chi connectivity index (χ2n) is 2.83. The van der Waals surface area contributed by atoms with Crippen molar-refractivity contribution in [1.29, 1.82) is 0 Å². The van der Waals surface area contributed by atoms with Crippen LogP contribution in [0.4, 0.5) is 0 Å². The molecule has 0 radical (unpaired) electrons. The van der Waals surface area contributed by atoms with E-state index < -0.39 is 0 Å². The van der Waals surface area contributed by atoms with Crippen molar-refractivity contribution in [3.63, 3.8) is 0 Å². The van der Waals surface area contributed by atoms with Gasteiger partial charge in [0, 0.05) is 6.61 Å². The SMILES string of the molecule is C=CCn1cc[n+](CCOCC)c1.[Br-]. The summed E-state index contributed by atoms with van der Waals surface area (Å²) in [4.78, 5) is 0. The van der Waals surface area contributed by atoms with Crippen LogP contribution < -0.4 is 21.5 Å². The Morgan fingerprint density at radius 3 is 3.00 bits per heavy atom. The molecule has 3 nitrogen and oxygen atoms in total. The Balaban J connectivity index is 0.00000169. The molecule has 4 heteroatoms. The maximum atomic E-state index is 5.26. The van der Waals surface area contributed by atoms with Gasteiger partial charge in [-0.05, 0) is 6.92 Å². The largest absolute Gasteiger partial charge is 1.00 e. The van der Waals surface area contributed by atoms with Crippen molar-refractivity contribution in [2.75, 3.05) is 13.2 Å². The predicted molar refractivity (Wildman–Crippen MR) is 51.3 cm³/mol. The van der Waals surface area contributed by atoms with Gasteiger partial charge in [-0.2, -0.15) is 0 Å². The van der Waals surface area contributed by atoms with E-state index in [0.717, 1.165) is 26.3 Å². The normalized spacial score (nSPS) is 9.50. The van der Waals surface area contributed by atoms with Gasteiger partial charge in [-0.3, -0.25) is 0 Å². The highest BCUT2D eigenvalue weighted by molar-refractivity contribution is 4.73. The van der Waals surface area contributed by atoms with Crippen LogP contribution in [0, 0.1) is 0 Å². The molecule has 0 saturated carbocycles. The molecule has 1 aromatic rings. The maximum absolute atomic E-state index is 5.26. The fourth-order valence-corrected chi connectivity index (χ4v) is 1.14. The van der Waals surface area contributed by atoms with Gasteiger partial charge >= 0.3 is 0 Å². The highest BCUT2D eigenvalue weighted by Crippen LogP contribution is 1.84. The molecule has 0 aromatic carbocycles. The minimum atomic E-state index is 0. The van der Waals surface area contributed by atoms with Crippen LogP contribution in [0.3, 0.4) is 0 Å². The molecular formula is C10H17BrN2O. The third-order valence-electron chi connectivity index (χ3n) is 1.78. The van der Waals surface area contributed by atoms with Crippen LogP contribution >= 0.6 is 0 Å². The summed E-state index contributed by atoms with van der Waals surface area (Å²) in [5.74, 6) is 0. The van der Waals surface area contributed by atoms with Crippen LogP contribution in [-0.2, 0) is 17.8 Å². The molecule has 0 atom stereocenters. The van der Waals surface area contributed by atoms with Crippen LogP contribution in [-0.4, -0.2) is 17.8 Å². The molecule has 1 aromatic heterocycles. The Morgan fingerprint density at radius 2 is 2.36 bits per heavy atom. The van der Waals surface area contributed by atoms with E-state index in [9.17, 15) is 0 Å². The molecular weight excluding hydrogens is 244 g/mol. The first kappa shape index (κ1) is 13.4. The summed E-state index contributed by atoms with van der Waals surface area (Å²) in [6.45, 7) is 9.03. The third kappa shape index (κ3) is 4.58. The van der Waals surface area contributed by atoms with Crippen molar-refractivity contribution < 1.29 is 26.3 Å². The maximum Gasteiger partial charge on any atom is 0.244 e. The van der Waals surface area contributed by atoms with Crippen LogP contribution in [0.15, 0.2) is 31.4 Å². The molecule has 0 bridgehead atoms. The van der Waals surface area contributed by atoms with E-state index in [2.05, 4.69) is 22.0 Å². The minimum Gasteiger partial charge on any atom is -1.00 e. The van der Waals surface area contributed by atoms with E-state index >= 15 is 0 Å². The fourth-order valence-electron chi connectivity index (χ4n) is 1.14. The number of ether oxygens (including phenoxy) is 1. The van der Waals surface area contributed by atoms with Gasteiger partial charge in [-0.1, -0.05) is 12.7 Å². The fraction of sp³-hybridized carbons (Fsp3) is 0.500. The van der Waals surface area contributed by atoms with Gasteiger partial charge in [0.25, 0.3) is 0 Å². The molecule has 0 amide bonds. The summed E-state index contributed by atoms with van der Waals surface area (Å²) < 4.78 is 9.45. The summed E-state index contributed by atoms with van der Waals surface area (Å²) >= 11 is 0. The molecule has 14 heavy (non-hydrogen) atoms. The average Bonchev–Trinajstić information content (AvgIpc) is 2.54. The van der Waals surface area contributed by atoms with Gasteiger partial charge < -0.3 is 21.7 Å². The van der Waals surface area contributed by atoms with E-state index in [4.69, 9.17) is 4.74 Å². The first-order valence-corrected chi connectivity index (χ1v) is 4.60. The Morgan fingerprint density at radius 1 is 1.57 bits per heavy atom. The number of aromatic nitrogens is 2. The Hall–Kier alpha value is -0.610. The van der Waals surface area contributed by atoms with Gasteiger partial charge in [0.15, 0.2) is 0 Å². The van der Waals surface area contributed by atoms with Gasteiger partial charge in [0.05, 0.1) is 6.61 Å². The predicted octanol–water partition coefficient (Wildman–Crippen LogP) is -2.00. The van der Waals surface area contributed by atoms with E-state index in [0.29, 0.717) is 0 Å². The monoisotopic (exact) mass is 260 g/mol. The van der Waals surface area contributed by atoms with Crippen LogP contribution in [0.5, 0.6) is 0 Å². The number of hydrogen-bond acceptors (Lipinski definition) is 1. The lowest BCUT2D eigenvalue weighted by Gasteiger charge is -1.96. The number of hydrogen-bond donors (Lipinski definition) is 0. The van der Waals surface area contributed by atoms with Crippen LogP contribution in [0.1, 0.15) is 6.92 Å². The molecule has 0 aliphatic carbocycles. The lowest BCUT2D eigenvalue weighted by atomic mass is 10.6. The lowest BCUT2D eigenvalue weighted by molar-refractivity contribution is -0.698. The summed E-state index contributed by atoms with van der Waals surface area (Å²) in [6.07, 6.45) is 8.02. The summed E-state index contributed by atoms with van der Waals surface area (Å²) in [5, 5.41) is 0. The standard InChI is InChI=1S/C10H17N2O.BrH/c1-3-5-11-6-7-12(10-11)8-9-13-4-2;/h3,6-7,10H,1,4-5,8-9H2,2H3;1H/q+1;/p-1. The first-order chi connectivity index (χ1) is 6.36. The molecule has 0 saturated heterocycles. The van der Waals surface area contributed by atoms with Gasteiger partial charge in [-0.25, -0.2) is 9.13 Å². The number of imidazole rings is 1. The second-order valence-corrected chi connectivity index (χ2v) is 2.83. The number of nitrogens with zero attached hydrogens (tertiary/aromatic N) is 2. The zero-order chi connectivity index (χ0) is 9.52. The topological polar surface area (TPSA) is 18.0 Å². The quantitative estimate of drug-likeness (QED) is 0.329. The number of halogens is 1. The van der Waals surface area contributed by atoms with E-state index in [-0.39, 0.29) is 17.0 Å². The smallest absolute Gasteiger partial charge is 0.244 e. The highest BCUT2D eigenvalue weighted by Gasteiger charge is 2.00. The van der Waals surface area contributed by atoms with Gasteiger partial charge in [0.1, 0.15) is 25.5 Å². The summed E-state index contributed by atoms with van der Waals surface area (Å²) in [7, 11) is 0. The zero-order valence-corrected chi connectivity index (χ0v) is 10.1. The van der Waals surface area contributed by atoms with Crippen molar-refractivity contribution >= 4 is 0 Å². The molecule has 0 fully saturated rings. The van der Waals surface area contributed by atoms with E-state index in [1.165, 1.54) is 0 Å². The second kappa shape index (κ2) is 7.76. The molecule has 1 rings (SSSR count). The van der Waals surface area contributed by atoms with Crippen molar-refractivity contribution in [3.05, 3.63) is 31.4 Å². The van der Waals surface area contributed by atoms with E-state index in [1.807, 2.05) is 25.4 Å². The molecule has 0 aliphatic rings. The molecule has 0 unspecified atom stereocenters. The van der Waals surface area contributed by atoms with Gasteiger partial charge in [0.2, 0.25) is 6.33 Å². The lowest BCUT2D eigenvalue weighted by Crippen LogP contribution is -3.00. The number of allylic oxidation sites excluding steroid dienone is 1. The van der Waals surface area contributed by atoms with E-state index in [1.54, 1.807) is 0 Å². The van der Waals surface area contributed by atoms with Crippen molar-refractivity contribution in [2.45, 2.75) is 20.0 Å². The van der Waals surface area contributed by atoms with Crippen LogP contribution in [0.25, 0.3) is 0 Å². The van der Waals surface area contributed by atoms with Gasteiger partial charge in [-0.15, -0.1) is 0 Å². The minimum absolute atomic E-state index is 0. The number of rotatable bonds is 6. The molecule has 0 N–H and O–H groups in total. The Bertz CT molecular complexity index is 260. The third-order valence-corrected chi connectivity index (χ3v) is 1.78.